The van der Waals surface area contributed by atoms with E-state index in [1.54, 1.807) is 0 Å². The average molecular weight is 410 g/mol. The first-order valence-corrected chi connectivity index (χ1v) is 10.2. The molecule has 1 atom stereocenters. The van der Waals surface area contributed by atoms with Gasteiger partial charge in [0.2, 0.25) is 0 Å². The molecule has 0 saturated carbocycles. The Morgan fingerprint density at radius 1 is 0.897 bits per heavy atom. The Balaban J connectivity index is 3.00. The highest BCUT2D eigenvalue weighted by Crippen LogP contribution is 2.17. The van der Waals surface area contributed by atoms with Crippen LogP contribution in [0.5, 0.6) is 0 Å². The highest BCUT2D eigenvalue weighted by atomic mass is 19.1. The molecule has 0 heterocycles. The molecule has 1 aromatic rings. The number of unbranched alkanes of at least 4 members (excludes halogenated alkanes) is 2. The van der Waals surface area contributed by atoms with Gasteiger partial charge in [0.15, 0.2) is 0 Å². The predicted molar refractivity (Wildman–Crippen MR) is 107 cm³/mol. The molecule has 0 fully saturated rings. The van der Waals surface area contributed by atoms with Gasteiger partial charge in [-0.15, -0.1) is 0 Å². The van der Waals surface area contributed by atoms with Crippen LogP contribution in [0.15, 0.2) is 18.2 Å². The lowest BCUT2D eigenvalue weighted by molar-refractivity contribution is 0.0417. The normalized spacial score (nSPS) is 11.6. The molecule has 0 aliphatic rings. The fraction of sp³-hybridized carbons (Fsp3) is 0.591. The van der Waals surface area contributed by atoms with Crippen LogP contribution < -0.4 is 0 Å². The van der Waals surface area contributed by atoms with Crippen LogP contribution in [0.4, 0.5) is 4.39 Å². The van der Waals surface area contributed by atoms with Crippen LogP contribution in [0, 0.1) is 5.92 Å². The summed E-state index contributed by atoms with van der Waals surface area (Å²) >= 11 is 0. The summed E-state index contributed by atoms with van der Waals surface area (Å²) in [4.78, 5) is 37.1. The third-order valence-corrected chi connectivity index (χ3v) is 4.38. The van der Waals surface area contributed by atoms with Gasteiger partial charge in [0.05, 0.1) is 43.2 Å². The Kier molecular flexibility index (Phi) is 11.6. The molecule has 0 amide bonds. The largest absolute Gasteiger partial charge is 0.462 e. The number of rotatable bonds is 13. The molecule has 1 unspecified atom stereocenters. The van der Waals surface area contributed by atoms with E-state index in [1.807, 2.05) is 20.8 Å². The minimum absolute atomic E-state index is 0.0273. The molecular formula is C22H31FO6. The molecule has 0 N–H and O–H groups in total. The van der Waals surface area contributed by atoms with Gasteiger partial charge < -0.3 is 14.2 Å². The van der Waals surface area contributed by atoms with Gasteiger partial charge in [0.25, 0.3) is 0 Å². The summed E-state index contributed by atoms with van der Waals surface area (Å²) in [6.45, 7) is 5.72. The van der Waals surface area contributed by atoms with Crippen molar-refractivity contribution in [2.45, 2.75) is 52.9 Å². The molecule has 0 saturated heterocycles. The van der Waals surface area contributed by atoms with E-state index in [2.05, 4.69) is 0 Å². The molecule has 1 aromatic carbocycles. The van der Waals surface area contributed by atoms with Gasteiger partial charge in [-0.05, 0) is 30.5 Å². The molecule has 1 rings (SSSR count). The molecule has 7 heteroatoms. The Hall–Kier alpha value is -2.44. The average Bonchev–Trinajstić information content (AvgIpc) is 2.74. The zero-order valence-corrected chi connectivity index (χ0v) is 17.5. The zero-order chi connectivity index (χ0) is 21.6. The van der Waals surface area contributed by atoms with Gasteiger partial charge in [-0.1, -0.05) is 40.0 Å². The Labute approximate surface area is 171 Å². The van der Waals surface area contributed by atoms with E-state index >= 15 is 0 Å². The van der Waals surface area contributed by atoms with Crippen molar-refractivity contribution in [3.8, 4) is 0 Å². The highest BCUT2D eigenvalue weighted by Gasteiger charge is 2.22. The second kappa shape index (κ2) is 13.7. The number of ether oxygens (including phenoxy) is 3. The minimum Gasteiger partial charge on any atom is -0.462 e. The third kappa shape index (κ3) is 8.62. The van der Waals surface area contributed by atoms with Crippen LogP contribution in [0.1, 0.15) is 83.9 Å². The second-order valence-electron chi connectivity index (χ2n) is 6.89. The van der Waals surface area contributed by atoms with Crippen LogP contribution in [0.25, 0.3) is 0 Å². The first-order valence-electron chi connectivity index (χ1n) is 10.2. The number of carbonyl (C=O) groups excluding carboxylic acids is 3. The monoisotopic (exact) mass is 410 g/mol. The number of alkyl halides is 1. The highest BCUT2D eigenvalue weighted by molar-refractivity contribution is 6.05. The van der Waals surface area contributed by atoms with Crippen molar-refractivity contribution in [2.75, 3.05) is 26.5 Å². The fourth-order valence-electron chi connectivity index (χ4n) is 2.33. The number of esters is 3. The molecule has 0 aromatic heterocycles. The van der Waals surface area contributed by atoms with E-state index in [4.69, 9.17) is 14.2 Å². The molecule has 0 radical (unpaired) electrons. The van der Waals surface area contributed by atoms with E-state index < -0.39 is 24.6 Å². The van der Waals surface area contributed by atoms with Gasteiger partial charge >= 0.3 is 17.9 Å². The van der Waals surface area contributed by atoms with Gasteiger partial charge in [-0.3, -0.25) is 4.39 Å². The van der Waals surface area contributed by atoms with E-state index in [1.165, 1.54) is 18.2 Å². The smallest absolute Gasteiger partial charge is 0.339 e. The van der Waals surface area contributed by atoms with Crippen LogP contribution in [0.2, 0.25) is 0 Å². The molecular weight excluding hydrogens is 379 g/mol. The van der Waals surface area contributed by atoms with Crippen LogP contribution in [0.3, 0.4) is 0 Å². The van der Waals surface area contributed by atoms with E-state index in [0.717, 1.165) is 25.7 Å². The minimum atomic E-state index is -0.767. The van der Waals surface area contributed by atoms with Crippen molar-refractivity contribution in [1.29, 1.82) is 0 Å². The van der Waals surface area contributed by atoms with Crippen molar-refractivity contribution >= 4 is 17.9 Å². The lowest BCUT2D eigenvalue weighted by Gasteiger charge is -2.13. The van der Waals surface area contributed by atoms with Crippen molar-refractivity contribution in [3.63, 3.8) is 0 Å². The maximum Gasteiger partial charge on any atom is 0.339 e. The Morgan fingerprint density at radius 3 is 2.21 bits per heavy atom. The van der Waals surface area contributed by atoms with Gasteiger partial charge in [-0.25, -0.2) is 14.4 Å². The second-order valence-corrected chi connectivity index (χ2v) is 6.89. The van der Waals surface area contributed by atoms with E-state index in [0.29, 0.717) is 0 Å². The zero-order valence-electron chi connectivity index (χ0n) is 17.5. The lowest BCUT2D eigenvalue weighted by atomic mass is 10.0. The van der Waals surface area contributed by atoms with Crippen LogP contribution in [-0.4, -0.2) is 44.4 Å². The molecule has 29 heavy (non-hydrogen) atoms. The van der Waals surface area contributed by atoms with Gasteiger partial charge in [0, 0.05) is 6.42 Å². The number of benzene rings is 1. The summed E-state index contributed by atoms with van der Waals surface area (Å²) in [7, 11) is 0. The standard InChI is InChI=1S/C22H31FO6/c1-4-6-7-12-27-20(24)17-9-10-18(21(25)28-13-8-11-23)19(14-17)22(26)29-15-16(3)5-2/h9-10,14,16H,4-8,11-13,15H2,1-3H3. The van der Waals surface area contributed by atoms with Crippen molar-refractivity contribution in [3.05, 3.63) is 34.9 Å². The molecule has 162 valence electrons. The van der Waals surface area contributed by atoms with Crippen LogP contribution >= 0.6 is 0 Å². The van der Waals surface area contributed by atoms with E-state index in [-0.39, 0.29) is 48.8 Å². The summed E-state index contributed by atoms with van der Waals surface area (Å²) < 4.78 is 27.7. The molecule has 0 aliphatic heterocycles. The summed E-state index contributed by atoms with van der Waals surface area (Å²) in [6.07, 6.45) is 3.61. The summed E-state index contributed by atoms with van der Waals surface area (Å²) in [6, 6.07) is 4.02. The topological polar surface area (TPSA) is 78.9 Å². The fourth-order valence-corrected chi connectivity index (χ4v) is 2.33. The number of hydrogen-bond acceptors (Lipinski definition) is 6. The first kappa shape index (κ1) is 24.6. The lowest BCUT2D eigenvalue weighted by Crippen LogP contribution is -2.18. The predicted octanol–water partition coefficient (Wildman–Crippen LogP) is 4.75. The van der Waals surface area contributed by atoms with Crippen LogP contribution in [-0.2, 0) is 14.2 Å². The maximum atomic E-state index is 12.6. The summed E-state index contributed by atoms with van der Waals surface area (Å²) in [5.74, 6) is -1.90. The Morgan fingerprint density at radius 2 is 1.55 bits per heavy atom. The third-order valence-electron chi connectivity index (χ3n) is 4.38. The first-order chi connectivity index (χ1) is 13.9. The molecule has 0 aliphatic carbocycles. The Bertz CT molecular complexity index is 673. The quantitative estimate of drug-likeness (QED) is 0.265. The van der Waals surface area contributed by atoms with Crippen molar-refractivity contribution < 1.29 is 33.0 Å². The number of hydrogen-bond donors (Lipinski definition) is 0. The summed E-state index contributed by atoms with van der Waals surface area (Å²) in [5.41, 5.74) is 0.0550. The number of halogens is 1. The summed E-state index contributed by atoms with van der Waals surface area (Å²) in [5, 5.41) is 0. The molecule has 6 nitrogen and oxygen atoms in total. The molecule has 0 bridgehead atoms. The van der Waals surface area contributed by atoms with Crippen molar-refractivity contribution in [1.82, 2.24) is 0 Å². The van der Waals surface area contributed by atoms with Gasteiger partial charge in [-0.2, -0.15) is 0 Å². The van der Waals surface area contributed by atoms with Gasteiger partial charge in [0.1, 0.15) is 0 Å². The number of carbonyl (C=O) groups is 3. The SMILES string of the molecule is CCCCCOC(=O)c1ccc(C(=O)OCCCF)c(C(=O)OCC(C)CC)c1. The van der Waals surface area contributed by atoms with E-state index in [9.17, 15) is 18.8 Å². The molecule has 0 spiro atoms. The van der Waals surface area contributed by atoms with Crippen molar-refractivity contribution in [2.24, 2.45) is 5.92 Å². The maximum absolute atomic E-state index is 12.6.